The monoisotopic (exact) mass is 234 g/mol. The van der Waals surface area contributed by atoms with E-state index in [1.165, 1.54) is 19.1 Å². The number of carboxylic acids is 1. The Bertz CT molecular complexity index is 688. The van der Waals surface area contributed by atoms with Gasteiger partial charge in [-0.3, -0.25) is 4.79 Å². The first-order valence-corrected chi connectivity index (χ1v) is 4.80. The number of phenols is 1. The van der Waals surface area contributed by atoms with E-state index in [2.05, 4.69) is 4.98 Å². The van der Waals surface area contributed by atoms with E-state index >= 15 is 0 Å². The van der Waals surface area contributed by atoms with Crippen LogP contribution in [0, 0.1) is 6.92 Å². The average molecular weight is 234 g/mol. The van der Waals surface area contributed by atoms with Crippen molar-refractivity contribution in [1.29, 1.82) is 0 Å². The zero-order valence-electron chi connectivity index (χ0n) is 8.94. The summed E-state index contributed by atoms with van der Waals surface area (Å²) < 4.78 is 0. The second-order valence-corrected chi connectivity index (χ2v) is 3.72. The fourth-order valence-electron chi connectivity index (χ4n) is 1.72. The van der Waals surface area contributed by atoms with Gasteiger partial charge in [0, 0.05) is 11.6 Å². The fraction of sp³-hybridized carbons (Fsp3) is 0.0909. The Morgan fingerprint density at radius 1 is 1.41 bits per heavy atom. The van der Waals surface area contributed by atoms with Gasteiger partial charge >= 0.3 is 5.97 Å². The topological polar surface area (TPSA) is 116 Å². The number of pyridine rings is 1. The summed E-state index contributed by atoms with van der Waals surface area (Å²) in [5, 5.41) is 18.5. The number of aromatic amines is 1. The number of carbonyl (C=O) groups is 1. The van der Waals surface area contributed by atoms with Crippen LogP contribution < -0.4 is 11.2 Å². The van der Waals surface area contributed by atoms with Gasteiger partial charge in [-0.25, -0.2) is 4.79 Å². The van der Waals surface area contributed by atoms with E-state index < -0.39 is 11.4 Å². The molecule has 0 radical (unpaired) electrons. The molecule has 0 atom stereocenters. The minimum absolute atomic E-state index is 0.0787. The van der Waals surface area contributed by atoms with Crippen LogP contribution in [-0.2, 0) is 0 Å². The number of nitrogen functional groups attached to an aromatic ring is 1. The Kier molecular flexibility index (Phi) is 2.27. The van der Waals surface area contributed by atoms with Crippen LogP contribution in [0.25, 0.3) is 10.9 Å². The van der Waals surface area contributed by atoms with Crippen molar-refractivity contribution in [1.82, 2.24) is 4.98 Å². The maximum absolute atomic E-state index is 11.9. The first-order chi connectivity index (χ1) is 7.91. The van der Waals surface area contributed by atoms with Crippen molar-refractivity contribution in [2.75, 3.05) is 5.73 Å². The summed E-state index contributed by atoms with van der Waals surface area (Å²) in [4.78, 5) is 25.4. The number of rotatable bonds is 1. The Labute approximate surface area is 95.3 Å². The summed E-state index contributed by atoms with van der Waals surface area (Å²) in [5.41, 5.74) is 5.39. The lowest BCUT2D eigenvalue weighted by molar-refractivity contribution is 0.0690. The minimum atomic E-state index is -1.23. The SMILES string of the molecule is Cc1c(C(=O)O)[nH]c2c(N)cc(O)cc2c1=O. The predicted octanol–water partition coefficient (Wildman–Crippen LogP) is 0.823. The molecule has 88 valence electrons. The van der Waals surface area contributed by atoms with Crippen LogP contribution in [0.5, 0.6) is 5.75 Å². The van der Waals surface area contributed by atoms with Gasteiger partial charge in [0.2, 0.25) is 0 Å². The van der Waals surface area contributed by atoms with Gasteiger partial charge in [0.15, 0.2) is 5.43 Å². The molecule has 0 spiro atoms. The summed E-state index contributed by atoms with van der Waals surface area (Å²) in [6.45, 7) is 1.40. The fourth-order valence-corrected chi connectivity index (χ4v) is 1.72. The number of hydrogen-bond donors (Lipinski definition) is 4. The van der Waals surface area contributed by atoms with Gasteiger partial charge in [0.25, 0.3) is 0 Å². The number of aromatic nitrogens is 1. The first-order valence-electron chi connectivity index (χ1n) is 4.80. The summed E-state index contributed by atoms with van der Waals surface area (Å²) >= 11 is 0. The molecule has 6 nitrogen and oxygen atoms in total. The molecule has 2 aromatic rings. The Morgan fingerprint density at radius 3 is 2.65 bits per heavy atom. The number of nitrogens with one attached hydrogen (secondary N) is 1. The van der Waals surface area contributed by atoms with Gasteiger partial charge in [-0.2, -0.15) is 0 Å². The number of phenolic OH excluding ortho intramolecular Hbond substituents is 1. The molecule has 17 heavy (non-hydrogen) atoms. The summed E-state index contributed by atoms with van der Waals surface area (Å²) in [6, 6.07) is 2.50. The van der Waals surface area contributed by atoms with Gasteiger partial charge < -0.3 is 20.9 Å². The third-order valence-corrected chi connectivity index (χ3v) is 2.58. The highest BCUT2D eigenvalue weighted by Gasteiger charge is 2.15. The molecule has 0 fully saturated rings. The van der Waals surface area contributed by atoms with E-state index in [4.69, 9.17) is 10.8 Å². The molecule has 0 aliphatic rings. The molecular weight excluding hydrogens is 224 g/mol. The smallest absolute Gasteiger partial charge is 0.352 e. The third kappa shape index (κ3) is 1.59. The standard InChI is InChI=1S/C11H10N2O4/c1-4-8(11(16)17)13-9-6(10(4)15)2-5(14)3-7(9)12/h2-3,14H,12H2,1H3,(H,13,15)(H,16,17). The molecule has 0 amide bonds. The minimum Gasteiger partial charge on any atom is -0.508 e. The van der Waals surface area contributed by atoms with Gasteiger partial charge in [-0.05, 0) is 13.0 Å². The summed E-state index contributed by atoms with van der Waals surface area (Å²) in [6.07, 6.45) is 0. The number of H-pyrrole nitrogens is 1. The maximum Gasteiger partial charge on any atom is 0.352 e. The van der Waals surface area contributed by atoms with Gasteiger partial charge in [0.05, 0.1) is 16.6 Å². The van der Waals surface area contributed by atoms with Gasteiger partial charge in [-0.15, -0.1) is 0 Å². The molecule has 1 heterocycles. The molecule has 1 aromatic heterocycles. The number of fused-ring (bicyclic) bond motifs is 1. The zero-order valence-corrected chi connectivity index (χ0v) is 8.94. The number of nitrogens with two attached hydrogens (primary N) is 1. The molecule has 0 aliphatic heterocycles. The second kappa shape index (κ2) is 3.51. The van der Waals surface area contributed by atoms with E-state index in [1.54, 1.807) is 0 Å². The van der Waals surface area contributed by atoms with Crippen molar-refractivity contribution < 1.29 is 15.0 Å². The Hall–Kier alpha value is -2.50. The molecule has 0 saturated carbocycles. The van der Waals surface area contributed by atoms with Crippen molar-refractivity contribution in [3.05, 3.63) is 33.6 Å². The molecule has 1 aromatic carbocycles. The van der Waals surface area contributed by atoms with Crippen LogP contribution >= 0.6 is 0 Å². The van der Waals surface area contributed by atoms with Crippen molar-refractivity contribution in [3.63, 3.8) is 0 Å². The van der Waals surface area contributed by atoms with Crippen LogP contribution in [0.2, 0.25) is 0 Å². The maximum atomic E-state index is 11.9. The number of hydrogen-bond acceptors (Lipinski definition) is 4. The lowest BCUT2D eigenvalue weighted by atomic mass is 10.1. The second-order valence-electron chi connectivity index (χ2n) is 3.72. The Balaban J connectivity index is 3.01. The van der Waals surface area contributed by atoms with Crippen molar-refractivity contribution in [2.45, 2.75) is 6.92 Å². The molecule has 0 bridgehead atoms. The summed E-state index contributed by atoms with van der Waals surface area (Å²) in [7, 11) is 0. The van der Waals surface area contributed by atoms with Crippen LogP contribution in [0.3, 0.4) is 0 Å². The molecule has 0 saturated heterocycles. The number of carboxylic acid groups (broad SMARTS) is 1. The molecule has 5 N–H and O–H groups in total. The van der Waals surface area contributed by atoms with Crippen LogP contribution in [0.15, 0.2) is 16.9 Å². The van der Waals surface area contributed by atoms with E-state index in [0.29, 0.717) is 0 Å². The Morgan fingerprint density at radius 2 is 2.06 bits per heavy atom. The van der Waals surface area contributed by atoms with E-state index in [-0.39, 0.29) is 33.6 Å². The molecule has 0 unspecified atom stereocenters. The summed E-state index contributed by atoms with van der Waals surface area (Å²) in [5.74, 6) is -1.36. The van der Waals surface area contributed by atoms with Crippen LogP contribution in [0.4, 0.5) is 5.69 Å². The highest BCUT2D eigenvalue weighted by molar-refractivity contribution is 5.96. The number of aromatic hydroxyl groups is 1. The molecule has 0 aliphatic carbocycles. The van der Waals surface area contributed by atoms with Crippen molar-refractivity contribution >= 4 is 22.6 Å². The molecule has 6 heteroatoms. The average Bonchev–Trinajstić information content (AvgIpc) is 2.23. The van der Waals surface area contributed by atoms with Crippen LogP contribution in [0.1, 0.15) is 16.1 Å². The third-order valence-electron chi connectivity index (χ3n) is 2.58. The number of aromatic carboxylic acids is 1. The molecular formula is C11H10N2O4. The first kappa shape index (κ1) is 11.0. The van der Waals surface area contributed by atoms with E-state index in [0.717, 1.165) is 0 Å². The van der Waals surface area contributed by atoms with Crippen LogP contribution in [-0.4, -0.2) is 21.2 Å². The normalized spacial score (nSPS) is 10.6. The van der Waals surface area contributed by atoms with E-state index in [1.807, 2.05) is 0 Å². The predicted molar refractivity (Wildman–Crippen MR) is 62.3 cm³/mol. The highest BCUT2D eigenvalue weighted by Crippen LogP contribution is 2.23. The number of benzene rings is 1. The number of anilines is 1. The quantitative estimate of drug-likeness (QED) is 0.545. The van der Waals surface area contributed by atoms with Gasteiger partial charge in [-0.1, -0.05) is 0 Å². The molecule has 2 rings (SSSR count). The lowest BCUT2D eigenvalue weighted by Crippen LogP contribution is -2.16. The van der Waals surface area contributed by atoms with Crippen molar-refractivity contribution in [2.24, 2.45) is 0 Å². The largest absolute Gasteiger partial charge is 0.508 e. The van der Waals surface area contributed by atoms with Gasteiger partial charge in [0.1, 0.15) is 11.4 Å². The lowest BCUT2D eigenvalue weighted by Gasteiger charge is -2.07. The highest BCUT2D eigenvalue weighted by atomic mass is 16.4. The van der Waals surface area contributed by atoms with E-state index in [9.17, 15) is 14.7 Å². The zero-order chi connectivity index (χ0) is 12.7. The van der Waals surface area contributed by atoms with Crippen molar-refractivity contribution in [3.8, 4) is 5.75 Å².